The van der Waals surface area contributed by atoms with Crippen molar-refractivity contribution in [3.8, 4) is 0 Å². The third-order valence-corrected chi connectivity index (χ3v) is 6.49. The highest BCUT2D eigenvalue weighted by atomic mass is 15.3. The molecule has 0 aliphatic carbocycles. The number of aromatic nitrogens is 2. The summed E-state index contributed by atoms with van der Waals surface area (Å²) in [6.45, 7) is 8.52. The molecule has 178 valence electrons. The van der Waals surface area contributed by atoms with Gasteiger partial charge in [-0.3, -0.25) is 14.8 Å². The smallest absolute Gasteiger partial charge is 0.158 e. The van der Waals surface area contributed by atoms with Crippen molar-refractivity contribution >= 4 is 34.4 Å². The number of hydrogen-bond acceptors (Lipinski definition) is 4. The zero-order valence-electron chi connectivity index (χ0n) is 21.2. The lowest BCUT2D eigenvalue weighted by molar-refractivity contribution is 1.07. The van der Waals surface area contributed by atoms with Crippen LogP contribution in [0.5, 0.6) is 0 Å². The first-order chi connectivity index (χ1) is 17.5. The van der Waals surface area contributed by atoms with Crippen LogP contribution in [-0.2, 0) is 0 Å². The van der Waals surface area contributed by atoms with Gasteiger partial charge >= 0.3 is 0 Å². The summed E-state index contributed by atoms with van der Waals surface area (Å²) in [6.07, 6.45) is 3.69. The fourth-order valence-electron chi connectivity index (χ4n) is 4.57. The van der Waals surface area contributed by atoms with Crippen molar-refractivity contribution in [2.24, 2.45) is 0 Å². The van der Waals surface area contributed by atoms with E-state index in [1.807, 2.05) is 12.4 Å². The van der Waals surface area contributed by atoms with E-state index in [-0.39, 0.29) is 0 Å². The minimum Gasteiger partial charge on any atom is -0.293 e. The monoisotopic (exact) mass is 470 g/mol. The summed E-state index contributed by atoms with van der Waals surface area (Å²) in [5.41, 5.74) is 9.00. The molecule has 4 nitrogen and oxygen atoms in total. The van der Waals surface area contributed by atoms with Gasteiger partial charge in [-0.25, -0.2) is 4.98 Å². The van der Waals surface area contributed by atoms with Crippen LogP contribution in [0.4, 0.5) is 34.4 Å². The summed E-state index contributed by atoms with van der Waals surface area (Å²) in [5.74, 6) is 1.53. The molecule has 0 aliphatic heterocycles. The Morgan fingerprint density at radius 2 is 0.694 bits per heavy atom. The maximum Gasteiger partial charge on any atom is 0.158 e. The first-order valence-electron chi connectivity index (χ1n) is 12.2. The summed E-state index contributed by atoms with van der Waals surface area (Å²) in [7, 11) is 0. The van der Waals surface area contributed by atoms with Crippen molar-refractivity contribution in [3.63, 3.8) is 0 Å². The second-order valence-electron chi connectivity index (χ2n) is 9.05. The van der Waals surface area contributed by atoms with Gasteiger partial charge < -0.3 is 0 Å². The largest absolute Gasteiger partial charge is 0.293 e. The second kappa shape index (κ2) is 10.0. The number of benzene rings is 4. The summed E-state index contributed by atoms with van der Waals surface area (Å²) in [5, 5.41) is 0. The molecule has 1 aromatic heterocycles. The average molecular weight is 471 g/mol. The van der Waals surface area contributed by atoms with Gasteiger partial charge in [0.1, 0.15) is 0 Å². The Kier molecular flexibility index (Phi) is 6.50. The predicted molar refractivity (Wildman–Crippen MR) is 150 cm³/mol. The van der Waals surface area contributed by atoms with Gasteiger partial charge in [0, 0.05) is 0 Å². The number of hydrogen-bond donors (Lipinski definition) is 0. The van der Waals surface area contributed by atoms with Crippen LogP contribution in [0.1, 0.15) is 22.3 Å². The maximum absolute atomic E-state index is 5.23. The van der Waals surface area contributed by atoms with Crippen LogP contribution in [0.15, 0.2) is 109 Å². The van der Waals surface area contributed by atoms with Crippen molar-refractivity contribution in [3.05, 3.63) is 132 Å². The van der Waals surface area contributed by atoms with Crippen LogP contribution >= 0.6 is 0 Å². The zero-order chi connectivity index (χ0) is 25.1. The van der Waals surface area contributed by atoms with Crippen LogP contribution < -0.4 is 9.80 Å². The Labute approximate surface area is 213 Å². The molecule has 0 bridgehead atoms. The van der Waals surface area contributed by atoms with Crippen molar-refractivity contribution in [2.45, 2.75) is 27.7 Å². The van der Waals surface area contributed by atoms with Gasteiger partial charge in [-0.05, 0) is 74.2 Å². The summed E-state index contributed by atoms with van der Waals surface area (Å²) in [4.78, 5) is 14.3. The Bertz CT molecular complexity index is 1310. The highest BCUT2D eigenvalue weighted by Crippen LogP contribution is 2.40. The molecule has 5 aromatic rings. The van der Waals surface area contributed by atoms with Gasteiger partial charge in [0.25, 0.3) is 0 Å². The number of para-hydroxylation sites is 4. The molecule has 0 unspecified atom stereocenters. The fraction of sp³-hybridized carbons (Fsp3) is 0.125. The third kappa shape index (κ3) is 4.46. The van der Waals surface area contributed by atoms with E-state index in [9.17, 15) is 0 Å². The van der Waals surface area contributed by atoms with E-state index >= 15 is 0 Å². The van der Waals surface area contributed by atoms with E-state index in [2.05, 4.69) is 135 Å². The standard InChI is InChI=1S/C32H30N4/c1-23-13-5-9-17-27(23)35(28-18-10-6-14-24(28)2)31-21-33-22-32(34-31)36(29-19-11-7-15-25(29)3)30-20-12-8-16-26(30)4/h5-22H,1-4H3. The second-order valence-corrected chi connectivity index (χ2v) is 9.05. The highest BCUT2D eigenvalue weighted by molar-refractivity contribution is 5.81. The first-order valence-corrected chi connectivity index (χ1v) is 12.2. The van der Waals surface area contributed by atoms with E-state index in [1.165, 1.54) is 22.3 Å². The third-order valence-electron chi connectivity index (χ3n) is 6.49. The van der Waals surface area contributed by atoms with Gasteiger partial charge in [-0.2, -0.15) is 0 Å². The van der Waals surface area contributed by atoms with Crippen molar-refractivity contribution < 1.29 is 0 Å². The maximum atomic E-state index is 5.23. The SMILES string of the molecule is Cc1ccccc1N(c1cncc(N(c2ccccc2C)c2ccccc2C)n1)c1ccccc1C. The Morgan fingerprint density at radius 1 is 0.417 bits per heavy atom. The molecule has 0 atom stereocenters. The molecule has 0 saturated heterocycles. The predicted octanol–water partition coefficient (Wildman–Crippen LogP) is 8.65. The molecule has 0 spiro atoms. The van der Waals surface area contributed by atoms with Gasteiger partial charge in [-0.15, -0.1) is 0 Å². The van der Waals surface area contributed by atoms with Gasteiger partial charge in [-0.1, -0.05) is 72.8 Å². The van der Waals surface area contributed by atoms with Crippen molar-refractivity contribution in [1.29, 1.82) is 0 Å². The van der Waals surface area contributed by atoms with E-state index in [1.54, 1.807) is 0 Å². The summed E-state index contributed by atoms with van der Waals surface area (Å²) < 4.78 is 0. The van der Waals surface area contributed by atoms with E-state index in [4.69, 9.17) is 9.97 Å². The minimum absolute atomic E-state index is 0.767. The van der Waals surface area contributed by atoms with Gasteiger partial charge in [0.15, 0.2) is 11.6 Å². The van der Waals surface area contributed by atoms with Crippen LogP contribution in [0.25, 0.3) is 0 Å². The lowest BCUT2D eigenvalue weighted by Crippen LogP contribution is -2.18. The molecule has 4 heteroatoms. The molecule has 0 radical (unpaired) electrons. The topological polar surface area (TPSA) is 32.3 Å². The molecule has 0 amide bonds. The molecule has 0 N–H and O–H groups in total. The van der Waals surface area contributed by atoms with Gasteiger partial charge in [0.2, 0.25) is 0 Å². The summed E-state index contributed by atoms with van der Waals surface area (Å²) in [6, 6.07) is 33.6. The molecule has 36 heavy (non-hydrogen) atoms. The molecular formula is C32H30N4. The molecular weight excluding hydrogens is 440 g/mol. The van der Waals surface area contributed by atoms with Crippen LogP contribution in [0, 0.1) is 27.7 Å². The lowest BCUT2D eigenvalue weighted by Gasteiger charge is -2.30. The normalized spacial score (nSPS) is 10.8. The van der Waals surface area contributed by atoms with Gasteiger partial charge in [0.05, 0.1) is 35.1 Å². The molecule has 5 rings (SSSR count). The van der Waals surface area contributed by atoms with Crippen molar-refractivity contribution in [2.75, 3.05) is 9.80 Å². The number of rotatable bonds is 6. The Morgan fingerprint density at radius 3 is 0.972 bits per heavy atom. The minimum atomic E-state index is 0.767. The molecule has 0 saturated carbocycles. The lowest BCUT2D eigenvalue weighted by atomic mass is 10.1. The quantitative estimate of drug-likeness (QED) is 0.248. The Hall–Kier alpha value is -4.44. The number of aryl methyl sites for hydroxylation is 4. The van der Waals surface area contributed by atoms with E-state index in [0.717, 1.165) is 34.4 Å². The average Bonchev–Trinajstić information content (AvgIpc) is 2.89. The fourth-order valence-corrected chi connectivity index (χ4v) is 4.57. The zero-order valence-corrected chi connectivity index (χ0v) is 21.2. The first kappa shape index (κ1) is 23.3. The molecule has 0 fully saturated rings. The number of anilines is 6. The van der Waals surface area contributed by atoms with Crippen LogP contribution in [0.3, 0.4) is 0 Å². The molecule has 1 heterocycles. The Balaban J connectivity index is 1.73. The summed E-state index contributed by atoms with van der Waals surface area (Å²) >= 11 is 0. The molecule has 0 aliphatic rings. The van der Waals surface area contributed by atoms with Crippen LogP contribution in [0.2, 0.25) is 0 Å². The number of nitrogens with zero attached hydrogens (tertiary/aromatic N) is 4. The highest BCUT2D eigenvalue weighted by Gasteiger charge is 2.22. The molecule has 4 aromatic carbocycles. The van der Waals surface area contributed by atoms with E-state index < -0.39 is 0 Å². The van der Waals surface area contributed by atoms with E-state index in [0.29, 0.717) is 0 Å². The van der Waals surface area contributed by atoms with Crippen molar-refractivity contribution in [1.82, 2.24) is 9.97 Å². The van der Waals surface area contributed by atoms with Crippen LogP contribution in [-0.4, -0.2) is 9.97 Å².